The van der Waals surface area contributed by atoms with E-state index >= 15 is 0 Å². The van der Waals surface area contributed by atoms with Gasteiger partial charge in [-0.1, -0.05) is 43.3 Å². The maximum atomic E-state index is 9.89. The van der Waals surface area contributed by atoms with Crippen molar-refractivity contribution in [2.45, 2.75) is 38.8 Å². The van der Waals surface area contributed by atoms with Gasteiger partial charge in [-0.3, -0.25) is 0 Å². The summed E-state index contributed by atoms with van der Waals surface area (Å²) in [6, 6.07) is 17.1. The smallest absolute Gasteiger partial charge is 0.0787 e. The van der Waals surface area contributed by atoms with E-state index in [1.54, 1.807) is 0 Å². The fourth-order valence-corrected chi connectivity index (χ4v) is 3.06. The molecule has 1 unspecified atom stereocenters. The van der Waals surface area contributed by atoms with Gasteiger partial charge in [0.25, 0.3) is 0 Å². The van der Waals surface area contributed by atoms with Crippen molar-refractivity contribution in [3.8, 4) is 0 Å². The van der Waals surface area contributed by atoms with Crippen molar-refractivity contribution in [2.75, 3.05) is 11.4 Å². The standard InChI is InChI=1S/C19H23NO/c1-2-19(21)16-9-11-18(12-10-16)20-13-5-8-15-6-3-4-7-17(15)14-20/h3-4,6-7,9-12,19,21H,2,5,8,13-14H2,1H3. The molecule has 0 amide bonds. The Balaban J connectivity index is 1.81. The van der Waals surface area contributed by atoms with Crippen LogP contribution in [0.3, 0.4) is 0 Å². The Labute approximate surface area is 127 Å². The average molecular weight is 281 g/mol. The first-order chi connectivity index (χ1) is 10.3. The molecule has 0 saturated carbocycles. The van der Waals surface area contributed by atoms with Crippen LogP contribution in [0.4, 0.5) is 5.69 Å². The fourth-order valence-electron chi connectivity index (χ4n) is 3.06. The van der Waals surface area contributed by atoms with Gasteiger partial charge in [0, 0.05) is 18.8 Å². The Morgan fingerprint density at radius 1 is 1.05 bits per heavy atom. The van der Waals surface area contributed by atoms with Gasteiger partial charge in [-0.2, -0.15) is 0 Å². The lowest BCUT2D eigenvalue weighted by Crippen LogP contribution is -2.22. The molecule has 0 fully saturated rings. The molecular formula is C19H23NO. The number of anilines is 1. The lowest BCUT2D eigenvalue weighted by Gasteiger charge is -2.24. The van der Waals surface area contributed by atoms with Crippen LogP contribution in [0, 0.1) is 0 Å². The number of aryl methyl sites for hydroxylation is 1. The molecule has 2 nitrogen and oxygen atoms in total. The number of aliphatic hydroxyl groups is 1. The number of nitrogens with zero attached hydrogens (tertiary/aromatic N) is 1. The molecule has 1 aliphatic heterocycles. The highest BCUT2D eigenvalue weighted by Gasteiger charge is 2.14. The van der Waals surface area contributed by atoms with E-state index in [2.05, 4.69) is 53.4 Å². The highest BCUT2D eigenvalue weighted by molar-refractivity contribution is 5.49. The van der Waals surface area contributed by atoms with Crippen LogP contribution in [0.5, 0.6) is 0 Å². The van der Waals surface area contributed by atoms with Crippen molar-refractivity contribution >= 4 is 5.69 Å². The predicted octanol–water partition coefficient (Wildman–Crippen LogP) is 4.08. The van der Waals surface area contributed by atoms with E-state index in [0.717, 1.165) is 25.1 Å². The summed E-state index contributed by atoms with van der Waals surface area (Å²) in [7, 11) is 0. The van der Waals surface area contributed by atoms with Crippen molar-refractivity contribution in [1.82, 2.24) is 0 Å². The summed E-state index contributed by atoms with van der Waals surface area (Å²) < 4.78 is 0. The molecule has 0 bridgehead atoms. The lowest BCUT2D eigenvalue weighted by atomic mass is 10.0. The van der Waals surface area contributed by atoms with Crippen LogP contribution in [0.25, 0.3) is 0 Å². The zero-order valence-electron chi connectivity index (χ0n) is 12.6. The maximum Gasteiger partial charge on any atom is 0.0787 e. The van der Waals surface area contributed by atoms with Crippen LogP contribution in [0.2, 0.25) is 0 Å². The van der Waals surface area contributed by atoms with Crippen molar-refractivity contribution in [2.24, 2.45) is 0 Å². The van der Waals surface area contributed by atoms with Crippen molar-refractivity contribution in [3.05, 3.63) is 65.2 Å². The Kier molecular flexibility index (Phi) is 4.26. The summed E-state index contributed by atoms with van der Waals surface area (Å²) in [5.74, 6) is 0. The summed E-state index contributed by atoms with van der Waals surface area (Å²) >= 11 is 0. The summed E-state index contributed by atoms with van der Waals surface area (Å²) in [5, 5.41) is 9.89. The third-order valence-corrected chi connectivity index (χ3v) is 4.38. The highest BCUT2D eigenvalue weighted by Crippen LogP contribution is 2.25. The molecule has 110 valence electrons. The van der Waals surface area contributed by atoms with E-state index in [1.165, 1.54) is 29.7 Å². The van der Waals surface area contributed by atoms with Crippen LogP contribution in [-0.4, -0.2) is 11.7 Å². The number of aliphatic hydroxyl groups excluding tert-OH is 1. The van der Waals surface area contributed by atoms with E-state index in [1.807, 2.05) is 6.92 Å². The van der Waals surface area contributed by atoms with E-state index < -0.39 is 0 Å². The van der Waals surface area contributed by atoms with Gasteiger partial charge in [-0.15, -0.1) is 0 Å². The largest absolute Gasteiger partial charge is 0.388 e. The molecule has 2 aromatic rings. The van der Waals surface area contributed by atoms with Gasteiger partial charge in [0.1, 0.15) is 0 Å². The molecule has 1 atom stereocenters. The van der Waals surface area contributed by atoms with E-state index in [9.17, 15) is 5.11 Å². The molecule has 2 aromatic carbocycles. The second kappa shape index (κ2) is 6.31. The Bertz CT molecular complexity index is 591. The lowest BCUT2D eigenvalue weighted by molar-refractivity contribution is 0.173. The van der Waals surface area contributed by atoms with Crippen LogP contribution in [0.1, 0.15) is 42.6 Å². The summed E-state index contributed by atoms with van der Waals surface area (Å²) in [5.41, 5.74) is 5.18. The topological polar surface area (TPSA) is 23.5 Å². The highest BCUT2D eigenvalue weighted by atomic mass is 16.3. The molecule has 0 aliphatic carbocycles. The SMILES string of the molecule is CCC(O)c1ccc(N2CCCc3ccccc3C2)cc1. The van der Waals surface area contributed by atoms with Gasteiger partial charge in [0.15, 0.2) is 0 Å². The van der Waals surface area contributed by atoms with Gasteiger partial charge in [-0.05, 0) is 48.1 Å². The minimum atomic E-state index is -0.344. The van der Waals surface area contributed by atoms with Crippen LogP contribution in [-0.2, 0) is 13.0 Å². The molecular weight excluding hydrogens is 258 g/mol. The van der Waals surface area contributed by atoms with Gasteiger partial charge < -0.3 is 10.0 Å². The molecule has 0 radical (unpaired) electrons. The molecule has 1 N–H and O–H groups in total. The van der Waals surface area contributed by atoms with Crippen molar-refractivity contribution in [3.63, 3.8) is 0 Å². The van der Waals surface area contributed by atoms with Gasteiger partial charge in [-0.25, -0.2) is 0 Å². The monoisotopic (exact) mass is 281 g/mol. The molecule has 1 heterocycles. The molecule has 0 aromatic heterocycles. The number of rotatable bonds is 3. The Hall–Kier alpha value is -1.80. The average Bonchev–Trinajstić information content (AvgIpc) is 2.76. The summed E-state index contributed by atoms with van der Waals surface area (Å²) in [6.07, 6.45) is 2.77. The first kappa shape index (κ1) is 14.2. The summed E-state index contributed by atoms with van der Waals surface area (Å²) in [6.45, 7) is 4.07. The van der Waals surface area contributed by atoms with Crippen LogP contribution < -0.4 is 4.90 Å². The van der Waals surface area contributed by atoms with E-state index in [4.69, 9.17) is 0 Å². The third-order valence-electron chi connectivity index (χ3n) is 4.38. The van der Waals surface area contributed by atoms with Gasteiger partial charge in [0.2, 0.25) is 0 Å². The predicted molar refractivity (Wildman–Crippen MR) is 87.5 cm³/mol. The zero-order chi connectivity index (χ0) is 14.7. The zero-order valence-corrected chi connectivity index (χ0v) is 12.6. The van der Waals surface area contributed by atoms with Gasteiger partial charge in [0.05, 0.1) is 6.10 Å². The first-order valence-corrected chi connectivity index (χ1v) is 7.87. The third kappa shape index (κ3) is 3.11. The van der Waals surface area contributed by atoms with Crippen LogP contribution >= 0.6 is 0 Å². The first-order valence-electron chi connectivity index (χ1n) is 7.87. The minimum absolute atomic E-state index is 0.344. The molecule has 0 spiro atoms. The number of hydrogen-bond acceptors (Lipinski definition) is 2. The second-order valence-electron chi connectivity index (χ2n) is 5.81. The number of fused-ring (bicyclic) bond motifs is 1. The van der Waals surface area contributed by atoms with Gasteiger partial charge >= 0.3 is 0 Å². The maximum absolute atomic E-state index is 9.89. The second-order valence-corrected chi connectivity index (χ2v) is 5.81. The van der Waals surface area contributed by atoms with Crippen LogP contribution in [0.15, 0.2) is 48.5 Å². The normalized spacial score (nSPS) is 16.2. The van der Waals surface area contributed by atoms with Crippen molar-refractivity contribution in [1.29, 1.82) is 0 Å². The minimum Gasteiger partial charge on any atom is -0.388 e. The Morgan fingerprint density at radius 3 is 2.48 bits per heavy atom. The Morgan fingerprint density at radius 2 is 1.76 bits per heavy atom. The molecule has 2 heteroatoms. The summed E-state index contributed by atoms with van der Waals surface area (Å²) in [4.78, 5) is 2.44. The quantitative estimate of drug-likeness (QED) is 0.916. The van der Waals surface area contributed by atoms with E-state index in [-0.39, 0.29) is 6.10 Å². The van der Waals surface area contributed by atoms with Crippen molar-refractivity contribution < 1.29 is 5.11 Å². The number of hydrogen-bond donors (Lipinski definition) is 1. The fraction of sp³-hybridized carbons (Fsp3) is 0.368. The molecule has 21 heavy (non-hydrogen) atoms. The molecule has 3 rings (SSSR count). The number of benzene rings is 2. The van der Waals surface area contributed by atoms with E-state index in [0.29, 0.717) is 0 Å². The molecule has 0 saturated heterocycles. The molecule has 1 aliphatic rings.